The van der Waals surface area contributed by atoms with Gasteiger partial charge in [-0.3, -0.25) is 14.4 Å². The van der Waals surface area contributed by atoms with Crippen LogP contribution < -0.4 is 0 Å². The Hall–Kier alpha value is -4.71. The minimum absolute atomic E-state index is 0.113. The van der Waals surface area contributed by atoms with E-state index in [9.17, 15) is 14.4 Å². The van der Waals surface area contributed by atoms with Crippen molar-refractivity contribution in [2.45, 2.75) is 309 Å². The molecule has 0 spiro atoms. The maximum absolute atomic E-state index is 13.0. The lowest BCUT2D eigenvalue weighted by Crippen LogP contribution is -2.30. The van der Waals surface area contributed by atoms with Gasteiger partial charge in [0.25, 0.3) is 0 Å². The molecule has 0 N–H and O–H groups in total. The van der Waals surface area contributed by atoms with Gasteiger partial charge < -0.3 is 14.2 Å². The van der Waals surface area contributed by atoms with Crippen LogP contribution in [-0.4, -0.2) is 37.2 Å². The number of unbranched alkanes of at least 4 members (excludes halogenated alkanes) is 26. The molecule has 0 aliphatic heterocycles. The van der Waals surface area contributed by atoms with Gasteiger partial charge in [0.05, 0.1) is 0 Å². The number of esters is 3. The largest absolute Gasteiger partial charge is 0.462 e. The second kappa shape index (κ2) is 69.8. The smallest absolute Gasteiger partial charge is 0.306 e. The quantitative estimate of drug-likeness (QED) is 0.0261. The van der Waals surface area contributed by atoms with Crippen LogP contribution in [0, 0.1) is 0 Å². The fraction of sp³-hybridized carbons (Fsp3) is 0.649. The third kappa shape index (κ3) is 68.0. The normalized spacial score (nSPS) is 13.0. The maximum atomic E-state index is 13.0. The van der Waals surface area contributed by atoms with Crippen LogP contribution in [0.3, 0.4) is 0 Å². The van der Waals surface area contributed by atoms with Gasteiger partial charge in [-0.25, -0.2) is 0 Å². The topological polar surface area (TPSA) is 78.9 Å². The zero-order valence-corrected chi connectivity index (χ0v) is 53.9. The molecule has 0 bridgehead atoms. The predicted octanol–water partition coefficient (Wildman–Crippen LogP) is 23.9. The van der Waals surface area contributed by atoms with E-state index in [1.165, 1.54) is 141 Å². The molecule has 0 aromatic heterocycles. The molecule has 83 heavy (non-hydrogen) atoms. The van der Waals surface area contributed by atoms with Crippen LogP contribution in [0.1, 0.15) is 303 Å². The highest BCUT2D eigenvalue weighted by Crippen LogP contribution is 2.15. The molecule has 0 aliphatic rings. The summed E-state index contributed by atoms with van der Waals surface area (Å²) >= 11 is 0. The number of hydrogen-bond acceptors (Lipinski definition) is 6. The number of carbonyl (C=O) groups excluding carboxylic acids is 3. The van der Waals surface area contributed by atoms with E-state index >= 15 is 0 Å². The third-order valence-corrected chi connectivity index (χ3v) is 14.3. The molecule has 6 heteroatoms. The molecule has 6 nitrogen and oxygen atoms in total. The summed E-state index contributed by atoms with van der Waals surface area (Å²) in [6.07, 6.45) is 100. The van der Waals surface area contributed by atoms with Gasteiger partial charge in [-0.2, -0.15) is 0 Å². The number of rotatable bonds is 61. The minimum atomic E-state index is -0.825. The van der Waals surface area contributed by atoms with Crippen molar-refractivity contribution in [1.82, 2.24) is 0 Å². The lowest BCUT2D eigenvalue weighted by atomic mass is 10.1. The lowest BCUT2D eigenvalue weighted by Gasteiger charge is -2.18. The first-order chi connectivity index (χ1) is 41.0. The van der Waals surface area contributed by atoms with Crippen LogP contribution in [0.15, 0.2) is 146 Å². The Morgan fingerprint density at radius 3 is 0.807 bits per heavy atom. The summed E-state index contributed by atoms with van der Waals surface area (Å²) in [6, 6.07) is 0. The fourth-order valence-electron chi connectivity index (χ4n) is 9.19. The Morgan fingerprint density at radius 1 is 0.253 bits per heavy atom. The monoisotopic (exact) mass is 1150 g/mol. The Bertz CT molecular complexity index is 1800. The number of carbonyl (C=O) groups is 3. The van der Waals surface area contributed by atoms with Gasteiger partial charge in [-0.1, -0.05) is 295 Å². The molecule has 1 unspecified atom stereocenters. The lowest BCUT2D eigenvalue weighted by molar-refractivity contribution is -0.166. The molecule has 0 aromatic carbocycles. The molecule has 0 aliphatic carbocycles. The van der Waals surface area contributed by atoms with Crippen LogP contribution in [-0.2, 0) is 28.6 Å². The molecule has 0 saturated carbocycles. The minimum Gasteiger partial charge on any atom is -0.462 e. The van der Waals surface area contributed by atoms with Crippen molar-refractivity contribution in [2.75, 3.05) is 13.2 Å². The number of hydrogen-bond donors (Lipinski definition) is 0. The molecule has 0 saturated heterocycles. The first kappa shape index (κ1) is 78.3. The Balaban J connectivity index is 4.52. The van der Waals surface area contributed by atoms with Gasteiger partial charge in [-0.05, 0) is 135 Å². The van der Waals surface area contributed by atoms with Crippen molar-refractivity contribution in [3.05, 3.63) is 146 Å². The molecular weight excluding hydrogens is 1020 g/mol. The van der Waals surface area contributed by atoms with Gasteiger partial charge >= 0.3 is 17.9 Å². The molecule has 470 valence electrons. The highest BCUT2D eigenvalue weighted by molar-refractivity contribution is 5.71. The second-order valence-electron chi connectivity index (χ2n) is 22.3. The number of ether oxygens (including phenoxy) is 3. The highest BCUT2D eigenvalue weighted by atomic mass is 16.6. The van der Waals surface area contributed by atoms with Gasteiger partial charge in [0, 0.05) is 19.3 Å². The standard InChI is InChI=1S/C77H126O6/c1-4-7-10-13-16-19-22-25-28-31-34-36-38-40-43-46-49-52-55-58-61-64-67-70-76(79)82-73-74(72-81-75(78)69-66-63-60-57-54-51-48-45-42-33-30-27-24-21-18-15-12-9-6-3)83-77(80)71-68-65-62-59-56-53-50-47-44-41-39-37-35-32-29-26-23-20-17-14-11-8-5-2/h9,12,18,21-23,25-27,30-32,34-35,38-42,45,51,54,60,63,74H,4-8,10-11,13-17,19-20,24,28-29,33,36-37,43-44,46-50,52-53,55-59,61-62,64-73H2,1-3H3/b12-9-,21-18-,25-22-,26-23-,30-27-,34-31-,35-32-,40-38-,41-39-,45-42-,54-51-,63-60-. The summed E-state index contributed by atoms with van der Waals surface area (Å²) < 4.78 is 16.9. The maximum Gasteiger partial charge on any atom is 0.306 e. The van der Waals surface area contributed by atoms with E-state index in [4.69, 9.17) is 14.2 Å². The van der Waals surface area contributed by atoms with Crippen LogP contribution >= 0.6 is 0 Å². The molecule has 1 atom stereocenters. The van der Waals surface area contributed by atoms with Crippen molar-refractivity contribution in [1.29, 1.82) is 0 Å². The van der Waals surface area contributed by atoms with Crippen molar-refractivity contribution in [3.63, 3.8) is 0 Å². The zero-order chi connectivity index (χ0) is 59.9. The van der Waals surface area contributed by atoms with E-state index in [2.05, 4.69) is 161 Å². The highest BCUT2D eigenvalue weighted by Gasteiger charge is 2.19. The SMILES string of the molecule is CC/C=C\C/C=C\C/C=C\C/C=C\C/C=C\C/C=C\CCC(=O)OCC(COC(=O)CCCCCCCCCC/C=C\C/C=C\C/C=C\CCCCCCC)OC(=O)CCCCCCCCCC/C=C\C/C=C\C/C=C\CCCCCCC. The van der Waals surface area contributed by atoms with E-state index in [0.717, 1.165) is 116 Å². The molecule has 0 rings (SSSR count). The van der Waals surface area contributed by atoms with Crippen LogP contribution in [0.2, 0.25) is 0 Å². The number of allylic oxidation sites excluding steroid dienone is 24. The second-order valence-corrected chi connectivity index (χ2v) is 22.3. The van der Waals surface area contributed by atoms with Gasteiger partial charge in [0.2, 0.25) is 0 Å². The average Bonchev–Trinajstić information content (AvgIpc) is 3.49. The molecule has 0 heterocycles. The average molecular weight is 1150 g/mol. The van der Waals surface area contributed by atoms with Crippen molar-refractivity contribution in [3.8, 4) is 0 Å². The zero-order valence-electron chi connectivity index (χ0n) is 53.9. The van der Waals surface area contributed by atoms with Gasteiger partial charge in [0.15, 0.2) is 6.10 Å². The first-order valence-electron chi connectivity index (χ1n) is 34.3. The third-order valence-electron chi connectivity index (χ3n) is 14.3. The van der Waals surface area contributed by atoms with Crippen molar-refractivity contribution < 1.29 is 28.6 Å². The van der Waals surface area contributed by atoms with Gasteiger partial charge in [0.1, 0.15) is 13.2 Å². The summed E-state index contributed by atoms with van der Waals surface area (Å²) in [5.41, 5.74) is 0. The van der Waals surface area contributed by atoms with E-state index < -0.39 is 6.10 Å². The van der Waals surface area contributed by atoms with Crippen molar-refractivity contribution >= 4 is 17.9 Å². The predicted molar refractivity (Wildman–Crippen MR) is 362 cm³/mol. The van der Waals surface area contributed by atoms with E-state index in [1.54, 1.807) is 0 Å². The molecule has 0 amide bonds. The molecule has 0 radical (unpaired) electrons. The summed E-state index contributed by atoms with van der Waals surface area (Å²) in [5, 5.41) is 0. The Labute approximate surface area is 512 Å². The van der Waals surface area contributed by atoms with Crippen molar-refractivity contribution in [2.24, 2.45) is 0 Å². The molecule has 0 aromatic rings. The summed E-state index contributed by atoms with van der Waals surface area (Å²) in [6.45, 7) is 6.44. The van der Waals surface area contributed by atoms with Crippen LogP contribution in [0.25, 0.3) is 0 Å². The summed E-state index contributed by atoms with van der Waals surface area (Å²) in [4.78, 5) is 38.4. The fourth-order valence-corrected chi connectivity index (χ4v) is 9.19. The summed E-state index contributed by atoms with van der Waals surface area (Å²) in [5.74, 6) is -1.01. The molecular formula is C77H126O6. The molecule has 0 fully saturated rings. The Kier molecular flexibility index (Phi) is 65.8. The van der Waals surface area contributed by atoms with E-state index in [1.807, 2.05) is 6.08 Å². The van der Waals surface area contributed by atoms with Crippen LogP contribution in [0.4, 0.5) is 0 Å². The van der Waals surface area contributed by atoms with E-state index in [0.29, 0.717) is 19.3 Å². The van der Waals surface area contributed by atoms with Gasteiger partial charge in [-0.15, -0.1) is 0 Å². The Morgan fingerprint density at radius 2 is 0.494 bits per heavy atom. The van der Waals surface area contributed by atoms with Crippen LogP contribution in [0.5, 0.6) is 0 Å². The summed E-state index contributed by atoms with van der Waals surface area (Å²) in [7, 11) is 0. The first-order valence-corrected chi connectivity index (χ1v) is 34.3. The van der Waals surface area contributed by atoms with E-state index in [-0.39, 0.29) is 37.5 Å².